The molecule has 0 aliphatic rings. The summed E-state index contributed by atoms with van der Waals surface area (Å²) in [5, 5.41) is 2.93. The molecule has 6 nitrogen and oxygen atoms in total. The predicted molar refractivity (Wildman–Crippen MR) is 116 cm³/mol. The summed E-state index contributed by atoms with van der Waals surface area (Å²) in [6.45, 7) is 4.31. The van der Waals surface area contributed by atoms with Crippen molar-refractivity contribution in [3.05, 3.63) is 64.4 Å². The van der Waals surface area contributed by atoms with E-state index in [0.717, 1.165) is 21.3 Å². The number of nitrogens with one attached hydrogen (secondary N) is 1. The van der Waals surface area contributed by atoms with E-state index >= 15 is 0 Å². The summed E-state index contributed by atoms with van der Waals surface area (Å²) in [5.41, 5.74) is 2.37. The number of esters is 1. The molecule has 29 heavy (non-hydrogen) atoms. The van der Waals surface area contributed by atoms with Crippen LogP contribution in [0.2, 0.25) is 0 Å². The van der Waals surface area contributed by atoms with Crippen LogP contribution in [0.5, 0.6) is 0 Å². The van der Waals surface area contributed by atoms with Crippen molar-refractivity contribution < 1.29 is 14.3 Å². The number of rotatable bonds is 8. The van der Waals surface area contributed by atoms with Crippen LogP contribution in [-0.2, 0) is 22.5 Å². The van der Waals surface area contributed by atoms with E-state index < -0.39 is 0 Å². The molecule has 0 unspecified atom stereocenters. The molecule has 3 rings (SSSR count). The summed E-state index contributed by atoms with van der Waals surface area (Å²) in [4.78, 5) is 29.1. The summed E-state index contributed by atoms with van der Waals surface area (Å²) < 4.78 is 8.13. The largest absolute Gasteiger partial charge is 0.462 e. The molecule has 1 amide bonds. The van der Waals surface area contributed by atoms with Crippen LogP contribution in [0.1, 0.15) is 36.5 Å². The van der Waals surface area contributed by atoms with Gasteiger partial charge in [-0.3, -0.25) is 9.59 Å². The SMILES string of the molecule is CC(C)OC(=O)Cn1c(CCCNC(=O)c2ccc(Br)cc2)nc2ccccc21. The van der Waals surface area contributed by atoms with Crippen molar-refractivity contribution in [1.82, 2.24) is 14.9 Å². The van der Waals surface area contributed by atoms with E-state index in [9.17, 15) is 9.59 Å². The molecule has 0 aliphatic heterocycles. The van der Waals surface area contributed by atoms with E-state index in [1.54, 1.807) is 12.1 Å². The number of hydrogen-bond acceptors (Lipinski definition) is 4. The monoisotopic (exact) mass is 457 g/mol. The second-order valence-electron chi connectivity index (χ2n) is 7.01. The molecule has 1 N–H and O–H groups in total. The van der Waals surface area contributed by atoms with Crippen molar-refractivity contribution in [2.45, 2.75) is 39.3 Å². The molecule has 1 heterocycles. The number of carbonyl (C=O) groups is 2. The highest BCUT2D eigenvalue weighted by atomic mass is 79.9. The Morgan fingerprint density at radius 1 is 1.14 bits per heavy atom. The third-order valence-electron chi connectivity index (χ3n) is 4.36. The highest BCUT2D eigenvalue weighted by Crippen LogP contribution is 2.17. The zero-order chi connectivity index (χ0) is 20.8. The Labute approximate surface area is 178 Å². The third-order valence-corrected chi connectivity index (χ3v) is 4.89. The minimum Gasteiger partial charge on any atom is -0.462 e. The average molecular weight is 458 g/mol. The second-order valence-corrected chi connectivity index (χ2v) is 7.92. The van der Waals surface area contributed by atoms with Gasteiger partial charge < -0.3 is 14.6 Å². The van der Waals surface area contributed by atoms with Gasteiger partial charge in [0.15, 0.2) is 0 Å². The predicted octanol–water partition coefficient (Wildman–Crippen LogP) is 4.11. The van der Waals surface area contributed by atoms with Gasteiger partial charge in [0.05, 0.1) is 17.1 Å². The Morgan fingerprint density at radius 3 is 2.59 bits per heavy atom. The van der Waals surface area contributed by atoms with Crippen molar-refractivity contribution in [2.24, 2.45) is 0 Å². The Hall–Kier alpha value is -2.67. The average Bonchev–Trinajstić information content (AvgIpc) is 3.02. The molecule has 152 valence electrons. The van der Waals surface area contributed by atoms with E-state index in [1.165, 1.54) is 0 Å². The number of ether oxygens (including phenoxy) is 1. The molecule has 0 bridgehead atoms. The molecule has 0 saturated heterocycles. The quantitative estimate of drug-likeness (QED) is 0.407. The molecule has 0 saturated carbocycles. The first kappa shape index (κ1) is 21.0. The number of amides is 1. The number of aromatic nitrogens is 2. The smallest absolute Gasteiger partial charge is 0.326 e. The summed E-state index contributed by atoms with van der Waals surface area (Å²) in [6, 6.07) is 15.0. The lowest BCUT2D eigenvalue weighted by Gasteiger charge is -2.11. The number of aryl methyl sites for hydroxylation is 1. The van der Waals surface area contributed by atoms with Gasteiger partial charge >= 0.3 is 5.97 Å². The van der Waals surface area contributed by atoms with Crippen LogP contribution in [0.15, 0.2) is 53.0 Å². The second kappa shape index (κ2) is 9.69. The topological polar surface area (TPSA) is 73.2 Å². The first-order valence-corrected chi connectivity index (χ1v) is 10.4. The Morgan fingerprint density at radius 2 is 1.86 bits per heavy atom. The number of benzene rings is 2. The molecule has 0 atom stereocenters. The van der Waals surface area contributed by atoms with Crippen molar-refractivity contribution >= 4 is 38.8 Å². The number of carbonyl (C=O) groups excluding carboxylic acids is 2. The van der Waals surface area contributed by atoms with Crippen molar-refractivity contribution in [1.29, 1.82) is 0 Å². The van der Waals surface area contributed by atoms with Crippen LogP contribution < -0.4 is 5.32 Å². The van der Waals surface area contributed by atoms with Gasteiger partial charge in [0.2, 0.25) is 0 Å². The molecule has 3 aromatic rings. The van der Waals surface area contributed by atoms with Crippen LogP contribution in [0.3, 0.4) is 0 Å². The van der Waals surface area contributed by atoms with Crippen LogP contribution in [0.4, 0.5) is 0 Å². The molecule has 2 aromatic carbocycles. The standard InChI is InChI=1S/C22H24BrN3O3/c1-15(2)29-21(27)14-26-19-7-4-3-6-18(19)25-20(26)8-5-13-24-22(28)16-9-11-17(23)12-10-16/h3-4,6-7,9-12,15H,5,8,13-14H2,1-2H3,(H,24,28). The highest BCUT2D eigenvalue weighted by molar-refractivity contribution is 9.10. The number of fused-ring (bicyclic) bond motifs is 1. The van der Waals surface area contributed by atoms with E-state index in [4.69, 9.17) is 4.74 Å². The van der Waals surface area contributed by atoms with Gasteiger partial charge in [-0.15, -0.1) is 0 Å². The van der Waals surface area contributed by atoms with Crippen LogP contribution in [0.25, 0.3) is 11.0 Å². The maximum atomic E-state index is 12.2. The van der Waals surface area contributed by atoms with Gasteiger partial charge in [-0.25, -0.2) is 4.98 Å². The van der Waals surface area contributed by atoms with E-state index in [-0.39, 0.29) is 24.5 Å². The Balaban J connectivity index is 1.63. The number of para-hydroxylation sites is 2. The van der Waals surface area contributed by atoms with Crippen LogP contribution in [0, 0.1) is 0 Å². The minimum atomic E-state index is -0.284. The lowest BCUT2D eigenvalue weighted by molar-refractivity contribution is -0.148. The summed E-state index contributed by atoms with van der Waals surface area (Å²) in [6.07, 6.45) is 1.20. The van der Waals surface area contributed by atoms with Gasteiger partial charge in [0, 0.05) is 23.0 Å². The van der Waals surface area contributed by atoms with Crippen molar-refractivity contribution in [2.75, 3.05) is 6.54 Å². The fourth-order valence-corrected chi connectivity index (χ4v) is 3.34. The molecule has 7 heteroatoms. The molecule has 0 spiro atoms. The third kappa shape index (κ3) is 5.67. The van der Waals surface area contributed by atoms with E-state index in [0.29, 0.717) is 24.9 Å². The van der Waals surface area contributed by atoms with Crippen LogP contribution in [-0.4, -0.2) is 34.1 Å². The zero-order valence-corrected chi connectivity index (χ0v) is 18.1. The van der Waals surface area contributed by atoms with Gasteiger partial charge in [-0.05, 0) is 56.7 Å². The van der Waals surface area contributed by atoms with Gasteiger partial charge in [0.25, 0.3) is 5.91 Å². The first-order valence-electron chi connectivity index (χ1n) is 9.61. The van der Waals surface area contributed by atoms with E-state index in [2.05, 4.69) is 26.2 Å². The molecule has 0 aliphatic carbocycles. The molecular weight excluding hydrogens is 434 g/mol. The minimum absolute atomic E-state index is 0.105. The van der Waals surface area contributed by atoms with Crippen molar-refractivity contribution in [3.8, 4) is 0 Å². The summed E-state index contributed by atoms with van der Waals surface area (Å²) in [7, 11) is 0. The fraction of sp³-hybridized carbons (Fsp3) is 0.318. The highest BCUT2D eigenvalue weighted by Gasteiger charge is 2.15. The Kier molecular flexibility index (Phi) is 7.04. The molecule has 0 radical (unpaired) electrons. The summed E-state index contributed by atoms with van der Waals surface area (Å²) in [5.74, 6) is 0.421. The van der Waals surface area contributed by atoms with Gasteiger partial charge in [0.1, 0.15) is 12.4 Å². The molecular formula is C22H24BrN3O3. The zero-order valence-electron chi connectivity index (χ0n) is 16.5. The Bertz CT molecular complexity index is 996. The first-order chi connectivity index (χ1) is 13.9. The number of halogens is 1. The van der Waals surface area contributed by atoms with Crippen LogP contribution >= 0.6 is 15.9 Å². The maximum absolute atomic E-state index is 12.2. The van der Waals surface area contributed by atoms with Crippen molar-refractivity contribution in [3.63, 3.8) is 0 Å². The normalized spacial score (nSPS) is 11.0. The molecule has 1 aromatic heterocycles. The number of imidazole rings is 1. The fourth-order valence-electron chi connectivity index (χ4n) is 3.07. The number of hydrogen-bond donors (Lipinski definition) is 1. The molecule has 0 fully saturated rings. The lowest BCUT2D eigenvalue weighted by Crippen LogP contribution is -2.25. The van der Waals surface area contributed by atoms with E-state index in [1.807, 2.05) is 54.8 Å². The maximum Gasteiger partial charge on any atom is 0.326 e. The lowest BCUT2D eigenvalue weighted by atomic mass is 10.2. The van der Waals surface area contributed by atoms with Gasteiger partial charge in [-0.2, -0.15) is 0 Å². The number of nitrogens with zero attached hydrogens (tertiary/aromatic N) is 2. The summed E-state index contributed by atoms with van der Waals surface area (Å²) >= 11 is 3.36. The van der Waals surface area contributed by atoms with Gasteiger partial charge in [-0.1, -0.05) is 28.1 Å².